The number of ketones is 1. The van der Waals surface area contributed by atoms with Gasteiger partial charge in [0.1, 0.15) is 5.78 Å². The monoisotopic (exact) mass is 211 g/mol. The smallest absolute Gasteiger partial charge is 0.147 e. The van der Waals surface area contributed by atoms with Gasteiger partial charge in [-0.1, -0.05) is 27.7 Å². The van der Waals surface area contributed by atoms with E-state index in [9.17, 15) is 4.79 Å². The summed E-state index contributed by atoms with van der Waals surface area (Å²) in [5, 5.41) is 0. The summed E-state index contributed by atoms with van der Waals surface area (Å²) in [6.45, 7) is 11.8. The van der Waals surface area contributed by atoms with Crippen LogP contribution in [0.2, 0.25) is 0 Å². The normalized spacial score (nSPS) is 32.9. The quantitative estimate of drug-likeness (QED) is 0.714. The predicted molar refractivity (Wildman–Crippen MR) is 63.8 cm³/mol. The zero-order valence-corrected chi connectivity index (χ0v) is 10.9. The Labute approximate surface area is 94.0 Å². The first kappa shape index (κ1) is 12.7. The molecule has 0 aromatic rings. The van der Waals surface area contributed by atoms with Gasteiger partial charge in [0.25, 0.3) is 0 Å². The predicted octanol–water partition coefficient (Wildman–Crippen LogP) is 2.43. The molecule has 0 spiro atoms. The van der Waals surface area contributed by atoms with E-state index in [4.69, 9.17) is 0 Å². The van der Waals surface area contributed by atoms with Gasteiger partial charge in [-0.05, 0) is 37.6 Å². The molecule has 3 atom stereocenters. The Morgan fingerprint density at radius 3 is 2.07 bits per heavy atom. The van der Waals surface area contributed by atoms with Crippen LogP contribution in [0.5, 0.6) is 0 Å². The van der Waals surface area contributed by atoms with E-state index in [1.807, 2.05) is 0 Å². The summed E-state index contributed by atoms with van der Waals surface area (Å²) in [4.78, 5) is 13.9. The lowest BCUT2D eigenvalue weighted by molar-refractivity contribution is -0.122. The van der Waals surface area contributed by atoms with Crippen LogP contribution in [0.4, 0.5) is 0 Å². The van der Waals surface area contributed by atoms with Crippen LogP contribution < -0.4 is 0 Å². The molecule has 2 heteroatoms. The molecule has 15 heavy (non-hydrogen) atoms. The fourth-order valence-corrected chi connectivity index (χ4v) is 3.19. The topological polar surface area (TPSA) is 20.3 Å². The Balaban J connectivity index is 2.93. The molecule has 1 unspecified atom stereocenters. The van der Waals surface area contributed by atoms with Crippen LogP contribution in [0.25, 0.3) is 0 Å². The van der Waals surface area contributed by atoms with E-state index in [0.29, 0.717) is 29.5 Å². The van der Waals surface area contributed by atoms with E-state index in [2.05, 4.69) is 39.6 Å². The van der Waals surface area contributed by atoms with Gasteiger partial charge in [0.05, 0.1) is 6.04 Å². The molecule has 1 heterocycles. The molecule has 1 fully saturated rings. The first-order valence-corrected chi connectivity index (χ1v) is 6.07. The number of nitrogens with zero attached hydrogens (tertiary/aromatic N) is 1. The van der Waals surface area contributed by atoms with Crippen LogP contribution in [0.3, 0.4) is 0 Å². The first-order valence-electron chi connectivity index (χ1n) is 6.07. The van der Waals surface area contributed by atoms with Crippen molar-refractivity contribution in [3.8, 4) is 0 Å². The lowest BCUT2D eigenvalue weighted by Gasteiger charge is -2.29. The van der Waals surface area contributed by atoms with Crippen molar-refractivity contribution in [3.63, 3.8) is 0 Å². The van der Waals surface area contributed by atoms with Gasteiger partial charge in [0, 0.05) is 6.54 Å². The number of hydrogen-bond acceptors (Lipinski definition) is 2. The maximum absolute atomic E-state index is 11.7. The number of carbonyl (C=O) groups excluding carboxylic acids is 1. The largest absolute Gasteiger partial charge is 0.298 e. The van der Waals surface area contributed by atoms with Gasteiger partial charge in [-0.15, -0.1) is 0 Å². The summed E-state index contributed by atoms with van der Waals surface area (Å²) in [5.74, 6) is 2.80. The highest BCUT2D eigenvalue weighted by Gasteiger charge is 2.44. The lowest BCUT2D eigenvalue weighted by Crippen LogP contribution is -2.38. The minimum Gasteiger partial charge on any atom is -0.298 e. The molecular formula is C13H25NO. The zero-order chi connectivity index (χ0) is 11.7. The van der Waals surface area contributed by atoms with Crippen LogP contribution in [0.1, 0.15) is 34.6 Å². The molecule has 0 bridgehead atoms. The van der Waals surface area contributed by atoms with Crippen molar-refractivity contribution >= 4 is 5.78 Å². The van der Waals surface area contributed by atoms with Crippen LogP contribution >= 0.6 is 0 Å². The molecule has 1 aliphatic heterocycles. The highest BCUT2D eigenvalue weighted by Crippen LogP contribution is 2.38. The summed E-state index contributed by atoms with van der Waals surface area (Å²) >= 11 is 0. The molecule has 0 aromatic heterocycles. The maximum Gasteiger partial charge on any atom is 0.147 e. The molecule has 0 radical (unpaired) electrons. The van der Waals surface area contributed by atoms with Gasteiger partial charge in [-0.3, -0.25) is 9.69 Å². The first-order chi connectivity index (χ1) is 6.86. The Hall–Kier alpha value is -0.370. The molecule has 0 aliphatic carbocycles. The number of rotatable bonds is 3. The molecule has 1 aliphatic rings. The zero-order valence-electron chi connectivity index (χ0n) is 10.9. The summed E-state index contributed by atoms with van der Waals surface area (Å²) in [7, 11) is 2.09. The molecule has 1 rings (SSSR count). The van der Waals surface area contributed by atoms with E-state index >= 15 is 0 Å². The number of likely N-dealkylation sites (tertiary alicyclic amines) is 1. The standard InChI is InChI=1S/C13H25NO/c1-8(2)11-7-14(6)13(10(5)15)12(11)9(3)4/h8-9,11-13H,7H2,1-6H3/t11-,12?,13-/m1/s1. The average molecular weight is 211 g/mol. The van der Waals surface area contributed by atoms with Gasteiger partial charge in [0.2, 0.25) is 0 Å². The third-order valence-electron chi connectivity index (χ3n) is 3.88. The highest BCUT2D eigenvalue weighted by molar-refractivity contribution is 5.82. The van der Waals surface area contributed by atoms with Crippen LogP contribution in [0, 0.1) is 23.7 Å². The second-order valence-corrected chi connectivity index (χ2v) is 5.72. The molecule has 1 saturated heterocycles. The average Bonchev–Trinajstić information content (AvgIpc) is 2.42. The molecule has 0 amide bonds. The number of hydrogen-bond donors (Lipinski definition) is 0. The van der Waals surface area contributed by atoms with Gasteiger partial charge in [-0.25, -0.2) is 0 Å². The highest BCUT2D eigenvalue weighted by atomic mass is 16.1. The maximum atomic E-state index is 11.7. The molecular weight excluding hydrogens is 186 g/mol. The fourth-order valence-electron chi connectivity index (χ4n) is 3.19. The Morgan fingerprint density at radius 1 is 1.20 bits per heavy atom. The SMILES string of the molecule is CC(=O)[C@@H]1C(C(C)C)[C@@H](C(C)C)CN1C. The van der Waals surface area contributed by atoms with E-state index < -0.39 is 0 Å². The third-order valence-corrected chi connectivity index (χ3v) is 3.88. The summed E-state index contributed by atoms with van der Waals surface area (Å²) in [6.07, 6.45) is 0. The van der Waals surface area contributed by atoms with Gasteiger partial charge >= 0.3 is 0 Å². The second kappa shape index (κ2) is 4.65. The fraction of sp³-hybridized carbons (Fsp3) is 0.923. The number of carbonyl (C=O) groups is 1. The Bertz CT molecular complexity index is 235. The van der Waals surface area contributed by atoms with Crippen molar-refractivity contribution in [2.75, 3.05) is 13.6 Å². The van der Waals surface area contributed by atoms with Crippen molar-refractivity contribution in [2.45, 2.75) is 40.7 Å². The second-order valence-electron chi connectivity index (χ2n) is 5.72. The van der Waals surface area contributed by atoms with E-state index in [1.54, 1.807) is 6.92 Å². The van der Waals surface area contributed by atoms with E-state index in [1.165, 1.54) is 0 Å². The lowest BCUT2D eigenvalue weighted by atomic mass is 9.75. The summed E-state index contributed by atoms with van der Waals surface area (Å²) in [6, 6.07) is 0.150. The van der Waals surface area contributed by atoms with Crippen LogP contribution in [-0.4, -0.2) is 30.3 Å². The molecule has 0 aromatic carbocycles. The van der Waals surface area contributed by atoms with Crippen LogP contribution in [-0.2, 0) is 4.79 Å². The van der Waals surface area contributed by atoms with Crippen molar-refractivity contribution in [2.24, 2.45) is 23.7 Å². The molecule has 0 N–H and O–H groups in total. The number of likely N-dealkylation sites (N-methyl/N-ethyl adjacent to an activating group) is 1. The Kier molecular flexibility index (Phi) is 3.93. The number of Topliss-reactive ketones (excluding diaryl/α,β-unsaturated/α-hetero) is 1. The van der Waals surface area contributed by atoms with Crippen molar-refractivity contribution in [3.05, 3.63) is 0 Å². The summed E-state index contributed by atoms with van der Waals surface area (Å²) in [5.41, 5.74) is 0. The van der Waals surface area contributed by atoms with E-state index in [-0.39, 0.29) is 6.04 Å². The Morgan fingerprint density at radius 2 is 1.73 bits per heavy atom. The van der Waals surface area contributed by atoms with Crippen molar-refractivity contribution in [1.82, 2.24) is 4.90 Å². The van der Waals surface area contributed by atoms with Gasteiger partial charge in [-0.2, -0.15) is 0 Å². The van der Waals surface area contributed by atoms with Gasteiger partial charge < -0.3 is 0 Å². The van der Waals surface area contributed by atoms with Crippen molar-refractivity contribution in [1.29, 1.82) is 0 Å². The van der Waals surface area contributed by atoms with E-state index in [0.717, 1.165) is 6.54 Å². The summed E-state index contributed by atoms with van der Waals surface area (Å²) < 4.78 is 0. The third kappa shape index (κ3) is 2.41. The molecule has 2 nitrogen and oxygen atoms in total. The molecule has 88 valence electrons. The minimum atomic E-state index is 0.150. The van der Waals surface area contributed by atoms with Gasteiger partial charge in [0.15, 0.2) is 0 Å². The molecule has 0 saturated carbocycles. The van der Waals surface area contributed by atoms with Crippen LogP contribution in [0.15, 0.2) is 0 Å². The van der Waals surface area contributed by atoms with Crippen molar-refractivity contribution < 1.29 is 4.79 Å². The minimum absolute atomic E-state index is 0.150.